The van der Waals surface area contributed by atoms with Crippen LogP contribution in [-0.4, -0.2) is 39.8 Å². The molecular formula is C9H15N3O2. The lowest BCUT2D eigenvalue weighted by molar-refractivity contribution is 0.262. The largest absolute Gasteiger partial charge is 0.388 e. The number of likely N-dealkylation sites (tertiary alicyclic amines) is 1. The van der Waals surface area contributed by atoms with E-state index in [0.29, 0.717) is 11.7 Å². The van der Waals surface area contributed by atoms with Crippen LogP contribution in [0.1, 0.15) is 24.6 Å². The predicted octanol–water partition coefficient (Wildman–Crippen LogP) is 0.200. The van der Waals surface area contributed by atoms with E-state index in [1.165, 1.54) is 25.9 Å². The molecule has 14 heavy (non-hydrogen) atoms. The summed E-state index contributed by atoms with van der Waals surface area (Å²) >= 11 is 0. The maximum Gasteiger partial charge on any atom is 0.228 e. The zero-order valence-electron chi connectivity index (χ0n) is 8.15. The molecular weight excluding hydrogens is 182 g/mol. The van der Waals surface area contributed by atoms with E-state index >= 15 is 0 Å². The minimum Gasteiger partial charge on any atom is -0.388 e. The molecule has 5 heteroatoms. The molecule has 1 aromatic rings. The zero-order chi connectivity index (χ0) is 9.80. The molecule has 1 fully saturated rings. The first-order valence-electron chi connectivity index (χ1n) is 5.03. The molecule has 2 rings (SSSR count). The van der Waals surface area contributed by atoms with Gasteiger partial charge >= 0.3 is 0 Å². The van der Waals surface area contributed by atoms with Crippen molar-refractivity contribution in [3.8, 4) is 0 Å². The van der Waals surface area contributed by atoms with Gasteiger partial charge in [0.25, 0.3) is 0 Å². The van der Waals surface area contributed by atoms with Gasteiger partial charge in [-0.05, 0) is 25.9 Å². The maximum atomic E-state index is 8.74. The SMILES string of the molecule is OCc1noc(CCN2CCCC2)n1. The minimum atomic E-state index is -0.146. The minimum absolute atomic E-state index is 0.146. The molecule has 0 aliphatic carbocycles. The monoisotopic (exact) mass is 197 g/mol. The Kier molecular flexibility index (Phi) is 3.10. The summed E-state index contributed by atoms with van der Waals surface area (Å²) < 4.78 is 4.97. The van der Waals surface area contributed by atoms with Crippen molar-refractivity contribution in [2.45, 2.75) is 25.9 Å². The van der Waals surface area contributed by atoms with Crippen molar-refractivity contribution in [3.05, 3.63) is 11.7 Å². The van der Waals surface area contributed by atoms with Gasteiger partial charge in [0.1, 0.15) is 6.61 Å². The van der Waals surface area contributed by atoms with Gasteiger partial charge in [-0.1, -0.05) is 5.16 Å². The third-order valence-corrected chi connectivity index (χ3v) is 2.49. The second kappa shape index (κ2) is 4.52. The Balaban J connectivity index is 1.79. The first-order chi connectivity index (χ1) is 6.88. The van der Waals surface area contributed by atoms with E-state index in [0.717, 1.165) is 13.0 Å². The molecule has 1 aliphatic heterocycles. The van der Waals surface area contributed by atoms with Crippen LogP contribution < -0.4 is 0 Å². The smallest absolute Gasteiger partial charge is 0.228 e. The standard InChI is InChI=1S/C9H15N3O2/c13-7-8-10-9(14-11-8)3-6-12-4-1-2-5-12/h13H,1-7H2. The summed E-state index contributed by atoms with van der Waals surface area (Å²) in [6, 6.07) is 0. The van der Waals surface area contributed by atoms with E-state index in [1.807, 2.05) is 0 Å². The molecule has 0 saturated carbocycles. The summed E-state index contributed by atoms with van der Waals surface area (Å²) in [5.41, 5.74) is 0. The maximum absolute atomic E-state index is 8.74. The number of aliphatic hydroxyl groups excluding tert-OH is 1. The Morgan fingerprint density at radius 3 is 2.79 bits per heavy atom. The molecule has 1 aromatic heterocycles. The molecule has 5 nitrogen and oxygen atoms in total. The van der Waals surface area contributed by atoms with Crippen molar-refractivity contribution >= 4 is 0 Å². The highest BCUT2D eigenvalue weighted by molar-refractivity contribution is 4.85. The summed E-state index contributed by atoms with van der Waals surface area (Å²) in [6.07, 6.45) is 3.38. The fraction of sp³-hybridized carbons (Fsp3) is 0.778. The Morgan fingerprint density at radius 2 is 2.14 bits per heavy atom. The van der Waals surface area contributed by atoms with Crippen molar-refractivity contribution in [2.75, 3.05) is 19.6 Å². The number of nitrogens with zero attached hydrogens (tertiary/aromatic N) is 3. The molecule has 0 radical (unpaired) electrons. The topological polar surface area (TPSA) is 62.4 Å². The van der Waals surface area contributed by atoms with Crippen LogP contribution in [-0.2, 0) is 13.0 Å². The number of hydrogen-bond donors (Lipinski definition) is 1. The van der Waals surface area contributed by atoms with Gasteiger partial charge in [-0.25, -0.2) is 0 Å². The first-order valence-corrected chi connectivity index (χ1v) is 5.03. The van der Waals surface area contributed by atoms with Crippen LogP contribution in [0, 0.1) is 0 Å². The van der Waals surface area contributed by atoms with Gasteiger partial charge in [-0.15, -0.1) is 0 Å². The molecule has 0 bridgehead atoms. The fourth-order valence-corrected chi connectivity index (χ4v) is 1.72. The Hall–Kier alpha value is -0.940. The van der Waals surface area contributed by atoms with Crippen molar-refractivity contribution < 1.29 is 9.63 Å². The normalized spacial score (nSPS) is 17.8. The zero-order valence-corrected chi connectivity index (χ0v) is 8.15. The Bertz CT molecular complexity index is 281. The van der Waals surface area contributed by atoms with Crippen molar-refractivity contribution in [3.63, 3.8) is 0 Å². The highest BCUT2D eigenvalue weighted by Crippen LogP contribution is 2.08. The van der Waals surface area contributed by atoms with Gasteiger partial charge in [0.2, 0.25) is 5.89 Å². The molecule has 1 N–H and O–H groups in total. The number of hydrogen-bond acceptors (Lipinski definition) is 5. The van der Waals surface area contributed by atoms with E-state index in [9.17, 15) is 0 Å². The molecule has 0 unspecified atom stereocenters. The molecule has 1 aliphatic rings. The van der Waals surface area contributed by atoms with E-state index < -0.39 is 0 Å². The van der Waals surface area contributed by atoms with Crippen molar-refractivity contribution in [2.24, 2.45) is 0 Å². The average Bonchev–Trinajstić information content (AvgIpc) is 2.86. The molecule has 1 saturated heterocycles. The van der Waals surface area contributed by atoms with Crippen molar-refractivity contribution in [1.82, 2.24) is 15.0 Å². The van der Waals surface area contributed by atoms with E-state index in [2.05, 4.69) is 15.0 Å². The number of rotatable bonds is 4. The Morgan fingerprint density at radius 1 is 1.36 bits per heavy atom. The van der Waals surface area contributed by atoms with Gasteiger partial charge < -0.3 is 14.5 Å². The molecule has 78 valence electrons. The Labute approximate surface area is 82.7 Å². The number of aliphatic hydroxyl groups is 1. The summed E-state index contributed by atoms with van der Waals surface area (Å²) in [5.74, 6) is 1.00. The van der Waals surface area contributed by atoms with Gasteiger partial charge in [-0.3, -0.25) is 0 Å². The first kappa shape index (κ1) is 9.61. The van der Waals surface area contributed by atoms with Crippen LogP contribution in [0.2, 0.25) is 0 Å². The lowest BCUT2D eigenvalue weighted by Crippen LogP contribution is -2.22. The summed E-state index contributed by atoms with van der Waals surface area (Å²) in [5, 5.41) is 12.4. The average molecular weight is 197 g/mol. The molecule has 0 atom stereocenters. The third-order valence-electron chi connectivity index (χ3n) is 2.49. The summed E-state index contributed by atoms with van der Waals surface area (Å²) in [7, 11) is 0. The second-order valence-corrected chi connectivity index (χ2v) is 3.56. The van der Waals surface area contributed by atoms with Gasteiger partial charge in [0.15, 0.2) is 5.82 Å². The predicted molar refractivity (Wildman–Crippen MR) is 49.6 cm³/mol. The molecule has 0 spiro atoms. The van der Waals surface area contributed by atoms with E-state index in [4.69, 9.17) is 9.63 Å². The molecule has 0 aromatic carbocycles. The van der Waals surface area contributed by atoms with Crippen molar-refractivity contribution in [1.29, 1.82) is 0 Å². The lowest BCUT2D eigenvalue weighted by Gasteiger charge is -2.11. The quantitative estimate of drug-likeness (QED) is 0.747. The number of aromatic nitrogens is 2. The lowest BCUT2D eigenvalue weighted by atomic mass is 10.4. The van der Waals surface area contributed by atoms with Crippen LogP contribution >= 0.6 is 0 Å². The van der Waals surface area contributed by atoms with Crippen LogP contribution in [0.5, 0.6) is 0 Å². The molecule has 0 amide bonds. The van der Waals surface area contributed by atoms with Crippen LogP contribution in [0.15, 0.2) is 4.52 Å². The summed E-state index contributed by atoms with van der Waals surface area (Å²) in [6.45, 7) is 3.20. The highest BCUT2D eigenvalue weighted by Gasteiger charge is 2.13. The van der Waals surface area contributed by atoms with Gasteiger partial charge in [-0.2, -0.15) is 4.98 Å². The van der Waals surface area contributed by atoms with Crippen LogP contribution in [0.4, 0.5) is 0 Å². The second-order valence-electron chi connectivity index (χ2n) is 3.56. The highest BCUT2D eigenvalue weighted by atomic mass is 16.5. The summed E-state index contributed by atoms with van der Waals surface area (Å²) in [4.78, 5) is 6.43. The molecule has 2 heterocycles. The van der Waals surface area contributed by atoms with E-state index in [-0.39, 0.29) is 6.61 Å². The van der Waals surface area contributed by atoms with Gasteiger partial charge in [0.05, 0.1) is 0 Å². The van der Waals surface area contributed by atoms with E-state index in [1.54, 1.807) is 0 Å². The fourth-order valence-electron chi connectivity index (χ4n) is 1.72. The van der Waals surface area contributed by atoms with Gasteiger partial charge in [0, 0.05) is 13.0 Å². The van der Waals surface area contributed by atoms with Crippen LogP contribution in [0.25, 0.3) is 0 Å². The third kappa shape index (κ3) is 2.30. The van der Waals surface area contributed by atoms with Crippen LogP contribution in [0.3, 0.4) is 0 Å².